The zero-order chi connectivity index (χ0) is 39.8. The molecular weight excluding hydrogens is 693 g/mol. The summed E-state index contributed by atoms with van der Waals surface area (Å²) in [5.74, 6) is -0.453. The van der Waals surface area contributed by atoms with E-state index < -0.39 is 17.2 Å². The van der Waals surface area contributed by atoms with Crippen LogP contribution in [0.1, 0.15) is 110 Å². The van der Waals surface area contributed by atoms with Gasteiger partial charge in [-0.15, -0.1) is 0 Å². The number of amides is 1. The normalized spacial score (nSPS) is 27.1. The smallest absolute Gasteiger partial charge is 0.410 e. The minimum atomic E-state index is -0.681. The Hall–Kier alpha value is -4.12. The molecule has 3 aromatic rings. The molecular formula is C44H62N6O5. The Labute approximate surface area is 327 Å². The van der Waals surface area contributed by atoms with Gasteiger partial charge in [0.05, 0.1) is 35.5 Å². The number of aromatic nitrogens is 3. The van der Waals surface area contributed by atoms with Crippen molar-refractivity contribution in [1.29, 1.82) is 0 Å². The Kier molecular flexibility index (Phi) is 9.62. The average Bonchev–Trinajstić information content (AvgIpc) is 3.39. The van der Waals surface area contributed by atoms with Gasteiger partial charge in [-0.2, -0.15) is 5.10 Å². The molecule has 4 bridgehead atoms. The van der Waals surface area contributed by atoms with Crippen LogP contribution in [0.25, 0.3) is 22.4 Å². The van der Waals surface area contributed by atoms with Crippen molar-refractivity contribution in [2.24, 2.45) is 16.2 Å². The Balaban J connectivity index is 1.16. The molecule has 298 valence electrons. The number of ether oxygens (including phenoxy) is 3. The molecule has 0 spiro atoms. The van der Waals surface area contributed by atoms with E-state index in [0.717, 1.165) is 85.5 Å². The van der Waals surface area contributed by atoms with E-state index in [9.17, 15) is 9.59 Å². The average molecular weight is 755 g/mol. The molecule has 4 saturated carbocycles. The van der Waals surface area contributed by atoms with Crippen molar-refractivity contribution in [1.82, 2.24) is 19.7 Å². The third-order valence-corrected chi connectivity index (χ3v) is 12.0. The molecule has 5 aliphatic rings. The van der Waals surface area contributed by atoms with Crippen molar-refractivity contribution in [2.45, 2.75) is 124 Å². The van der Waals surface area contributed by atoms with Gasteiger partial charge in [-0.25, -0.2) is 14.6 Å². The molecule has 4 fully saturated rings. The van der Waals surface area contributed by atoms with Gasteiger partial charge in [0.2, 0.25) is 0 Å². The number of carbonyl (C=O) groups excluding carboxylic acids is 2. The van der Waals surface area contributed by atoms with E-state index in [2.05, 4.69) is 60.9 Å². The second kappa shape index (κ2) is 13.5. The Morgan fingerprint density at radius 3 is 2.27 bits per heavy atom. The summed E-state index contributed by atoms with van der Waals surface area (Å²) >= 11 is 0. The maximum atomic E-state index is 13.9. The Bertz CT molecular complexity index is 1960. The van der Waals surface area contributed by atoms with E-state index >= 15 is 0 Å². The van der Waals surface area contributed by atoms with Crippen LogP contribution in [0.4, 0.5) is 16.2 Å². The van der Waals surface area contributed by atoms with Gasteiger partial charge < -0.3 is 29.3 Å². The van der Waals surface area contributed by atoms with E-state index in [0.29, 0.717) is 18.8 Å². The molecule has 0 radical (unpaired) electrons. The van der Waals surface area contributed by atoms with E-state index in [-0.39, 0.29) is 33.6 Å². The lowest BCUT2D eigenvalue weighted by molar-refractivity contribution is -0.248. The maximum absolute atomic E-state index is 13.9. The number of anilines is 2. The Morgan fingerprint density at radius 2 is 1.60 bits per heavy atom. The number of nitrogens with zero attached hydrogens (tertiary/aromatic N) is 5. The van der Waals surface area contributed by atoms with Crippen LogP contribution in [-0.2, 0) is 20.8 Å². The number of carbonyl (C=O) groups is 2. The minimum absolute atomic E-state index is 0.00796. The molecule has 1 N–H and O–H groups in total. The second-order valence-corrected chi connectivity index (χ2v) is 20.1. The number of likely N-dealkylation sites (N-methyl/N-ethyl adjacent to an activating group) is 2. The molecule has 2 aromatic heterocycles. The first-order chi connectivity index (χ1) is 25.6. The number of esters is 1. The van der Waals surface area contributed by atoms with E-state index in [4.69, 9.17) is 24.3 Å². The number of hydrogen-bond acceptors (Lipinski definition) is 9. The third-order valence-electron chi connectivity index (χ3n) is 12.0. The van der Waals surface area contributed by atoms with Gasteiger partial charge in [0.25, 0.3) is 0 Å². The lowest BCUT2D eigenvalue weighted by Gasteiger charge is -2.69. The van der Waals surface area contributed by atoms with Crippen LogP contribution in [0.2, 0.25) is 0 Å². The van der Waals surface area contributed by atoms with Gasteiger partial charge in [-0.05, 0) is 128 Å². The highest BCUT2D eigenvalue weighted by Crippen LogP contribution is 2.72. The summed E-state index contributed by atoms with van der Waals surface area (Å²) in [7, 11) is 3.88. The minimum Gasteiger partial charge on any atom is -0.455 e. The molecule has 55 heavy (non-hydrogen) atoms. The van der Waals surface area contributed by atoms with E-state index in [1.807, 2.05) is 59.9 Å². The third kappa shape index (κ3) is 8.09. The number of pyridine rings is 1. The van der Waals surface area contributed by atoms with Crippen molar-refractivity contribution in [3.05, 3.63) is 47.9 Å². The number of fused-ring (bicyclic) bond motifs is 1. The number of hydrogen-bond donors (Lipinski definition) is 1. The standard InChI is InChI=1S/C44H62N6O5/c1-29-32(31-13-14-33(47-36(31)37(51)54-39(2,3)4)30-12-15-35-34(20-30)45-16-17-48(35)10)21-46-50(29)28-43-23-41(8)22-42(9,24-43)26-44(25-41,27-43)53-19-18-49(11)38(52)55-40(5,6)7/h12-15,20-21,45H,16-19,22-28H2,1-11H3. The Morgan fingerprint density at radius 1 is 0.909 bits per heavy atom. The fourth-order valence-corrected chi connectivity index (χ4v) is 11.1. The molecule has 2 atom stereocenters. The first-order valence-electron chi connectivity index (χ1n) is 20.0. The summed E-state index contributed by atoms with van der Waals surface area (Å²) in [5, 5.41) is 8.51. The molecule has 11 heteroatoms. The lowest BCUT2D eigenvalue weighted by atomic mass is 9.39. The highest BCUT2D eigenvalue weighted by molar-refractivity contribution is 5.96. The van der Waals surface area contributed by atoms with Crippen LogP contribution in [0, 0.1) is 23.2 Å². The molecule has 3 heterocycles. The molecule has 11 nitrogen and oxygen atoms in total. The molecule has 1 aromatic carbocycles. The van der Waals surface area contributed by atoms with Crippen LogP contribution in [0.15, 0.2) is 36.5 Å². The fourth-order valence-electron chi connectivity index (χ4n) is 11.1. The molecule has 0 saturated heterocycles. The maximum Gasteiger partial charge on any atom is 0.410 e. The highest BCUT2D eigenvalue weighted by Gasteiger charge is 2.66. The monoisotopic (exact) mass is 754 g/mol. The van der Waals surface area contributed by atoms with Gasteiger partial charge in [0, 0.05) is 62.7 Å². The number of benzene rings is 1. The second-order valence-electron chi connectivity index (χ2n) is 20.1. The van der Waals surface area contributed by atoms with Gasteiger partial charge >= 0.3 is 12.1 Å². The van der Waals surface area contributed by atoms with E-state index in [1.54, 1.807) is 11.9 Å². The van der Waals surface area contributed by atoms with Crippen LogP contribution in [-0.4, -0.2) is 88.9 Å². The lowest BCUT2D eigenvalue weighted by Crippen LogP contribution is -2.64. The van der Waals surface area contributed by atoms with Gasteiger partial charge in [0.15, 0.2) is 5.69 Å². The van der Waals surface area contributed by atoms with Gasteiger partial charge in [-0.1, -0.05) is 19.9 Å². The van der Waals surface area contributed by atoms with E-state index in [1.165, 1.54) is 6.42 Å². The van der Waals surface area contributed by atoms with Gasteiger partial charge in [0.1, 0.15) is 11.2 Å². The largest absolute Gasteiger partial charge is 0.455 e. The molecule has 8 rings (SSSR count). The zero-order valence-corrected chi connectivity index (χ0v) is 35.0. The zero-order valence-electron chi connectivity index (χ0n) is 35.0. The highest BCUT2D eigenvalue weighted by atomic mass is 16.6. The first-order valence-corrected chi connectivity index (χ1v) is 20.0. The first kappa shape index (κ1) is 39.1. The predicted molar refractivity (Wildman–Crippen MR) is 216 cm³/mol. The quantitative estimate of drug-likeness (QED) is 0.215. The van der Waals surface area contributed by atoms with Crippen LogP contribution >= 0.6 is 0 Å². The summed E-state index contributed by atoms with van der Waals surface area (Å²) in [4.78, 5) is 35.4. The molecule has 4 aliphatic carbocycles. The van der Waals surface area contributed by atoms with Crippen molar-refractivity contribution in [3.63, 3.8) is 0 Å². The summed E-state index contributed by atoms with van der Waals surface area (Å²) < 4.78 is 20.6. The fraction of sp³-hybridized carbons (Fsp3) is 0.636. The van der Waals surface area contributed by atoms with Crippen LogP contribution < -0.4 is 10.2 Å². The van der Waals surface area contributed by atoms with Crippen molar-refractivity contribution >= 4 is 23.4 Å². The SMILES string of the molecule is Cc1c(-c2ccc(-c3ccc4c(c3)NCCN4C)nc2C(=O)OC(C)(C)C)cnn1CC12CC3(C)CC(C)(C1)CC(OCCN(C)C(=O)OC(C)(C)C)(C3)C2. The van der Waals surface area contributed by atoms with Gasteiger partial charge in [-0.3, -0.25) is 4.68 Å². The van der Waals surface area contributed by atoms with Crippen molar-refractivity contribution in [3.8, 4) is 22.4 Å². The molecule has 1 amide bonds. The summed E-state index contributed by atoms with van der Waals surface area (Å²) in [6.45, 7) is 21.8. The van der Waals surface area contributed by atoms with Crippen LogP contribution in [0.5, 0.6) is 0 Å². The number of nitrogens with one attached hydrogen (secondary N) is 1. The predicted octanol–water partition coefficient (Wildman–Crippen LogP) is 8.74. The summed E-state index contributed by atoms with van der Waals surface area (Å²) in [6.07, 6.45) is 8.03. The summed E-state index contributed by atoms with van der Waals surface area (Å²) in [6, 6.07) is 10.3. The summed E-state index contributed by atoms with van der Waals surface area (Å²) in [5.41, 5.74) is 5.60. The van der Waals surface area contributed by atoms with Crippen LogP contribution in [0.3, 0.4) is 0 Å². The molecule has 1 aliphatic heterocycles. The topological polar surface area (TPSA) is 111 Å². The molecule has 2 unspecified atom stereocenters. The van der Waals surface area contributed by atoms with Crippen molar-refractivity contribution < 1.29 is 23.8 Å². The van der Waals surface area contributed by atoms with Crippen molar-refractivity contribution in [2.75, 3.05) is 50.6 Å². The number of rotatable bonds is 9.